The van der Waals surface area contributed by atoms with Crippen LogP contribution < -0.4 is 4.74 Å². The fourth-order valence-electron chi connectivity index (χ4n) is 3.13. The molecule has 0 saturated carbocycles. The van der Waals surface area contributed by atoms with E-state index < -0.39 is 5.97 Å². The van der Waals surface area contributed by atoms with Gasteiger partial charge in [0.15, 0.2) is 0 Å². The molecule has 29 heavy (non-hydrogen) atoms. The molecule has 4 rings (SSSR count). The maximum absolute atomic E-state index is 11.1. The number of ether oxygens (including phenoxy) is 1. The molecule has 0 aliphatic carbocycles. The molecule has 0 spiro atoms. The second-order valence-electron chi connectivity index (χ2n) is 6.81. The van der Waals surface area contributed by atoms with E-state index in [9.17, 15) is 4.79 Å². The molecular weight excluding hydrogens is 394 g/mol. The number of rotatable bonds is 6. The Morgan fingerprint density at radius 3 is 2.83 bits per heavy atom. The molecule has 0 radical (unpaired) electrons. The SMILES string of the molecule is CC(C)Oc1ccc(-c2noc(-c3cccc4c3ccn4CC(=O)O)n2)cc1Cl. The van der Waals surface area contributed by atoms with Gasteiger partial charge in [0.25, 0.3) is 5.89 Å². The Bertz CT molecular complexity index is 1200. The molecule has 0 saturated heterocycles. The summed E-state index contributed by atoms with van der Waals surface area (Å²) in [6.07, 6.45) is 1.75. The van der Waals surface area contributed by atoms with Gasteiger partial charge in [-0.05, 0) is 50.2 Å². The van der Waals surface area contributed by atoms with E-state index in [1.807, 2.05) is 44.2 Å². The zero-order chi connectivity index (χ0) is 20.5. The van der Waals surface area contributed by atoms with Gasteiger partial charge in [0.2, 0.25) is 5.82 Å². The first kappa shape index (κ1) is 19.0. The second-order valence-corrected chi connectivity index (χ2v) is 7.22. The maximum Gasteiger partial charge on any atom is 0.323 e. The molecule has 148 valence electrons. The van der Waals surface area contributed by atoms with Crippen molar-refractivity contribution < 1.29 is 19.2 Å². The van der Waals surface area contributed by atoms with Crippen molar-refractivity contribution in [2.75, 3.05) is 0 Å². The summed E-state index contributed by atoms with van der Waals surface area (Å²) in [5.74, 6) is 0.436. The first-order valence-electron chi connectivity index (χ1n) is 9.02. The number of fused-ring (bicyclic) bond motifs is 1. The van der Waals surface area contributed by atoms with Crippen LogP contribution in [0.1, 0.15) is 13.8 Å². The number of carbonyl (C=O) groups is 1. The van der Waals surface area contributed by atoms with Crippen LogP contribution in [0.3, 0.4) is 0 Å². The van der Waals surface area contributed by atoms with Crippen LogP contribution >= 0.6 is 11.6 Å². The lowest BCUT2D eigenvalue weighted by molar-refractivity contribution is -0.137. The summed E-state index contributed by atoms with van der Waals surface area (Å²) >= 11 is 6.31. The van der Waals surface area contributed by atoms with Crippen molar-refractivity contribution in [3.63, 3.8) is 0 Å². The minimum atomic E-state index is -0.908. The van der Waals surface area contributed by atoms with Gasteiger partial charge in [-0.2, -0.15) is 4.98 Å². The molecule has 1 N–H and O–H groups in total. The Morgan fingerprint density at radius 2 is 2.10 bits per heavy atom. The number of aromatic nitrogens is 3. The van der Waals surface area contributed by atoms with Gasteiger partial charge in [-0.3, -0.25) is 4.79 Å². The van der Waals surface area contributed by atoms with Gasteiger partial charge in [0, 0.05) is 28.2 Å². The molecule has 7 nitrogen and oxygen atoms in total. The highest BCUT2D eigenvalue weighted by Crippen LogP contribution is 2.33. The van der Waals surface area contributed by atoms with E-state index in [0.717, 1.165) is 16.5 Å². The quantitative estimate of drug-likeness (QED) is 0.486. The van der Waals surface area contributed by atoms with Crippen LogP contribution in [0.2, 0.25) is 5.02 Å². The molecule has 2 aromatic carbocycles. The molecule has 4 aromatic rings. The Hall–Kier alpha value is -3.32. The van der Waals surface area contributed by atoms with Gasteiger partial charge < -0.3 is 18.9 Å². The first-order valence-corrected chi connectivity index (χ1v) is 9.40. The van der Waals surface area contributed by atoms with Crippen LogP contribution in [0.25, 0.3) is 33.7 Å². The minimum absolute atomic E-state index is 0.0176. The third-order valence-electron chi connectivity index (χ3n) is 4.33. The number of aliphatic carboxylic acids is 1. The number of carboxylic acids is 1. The summed E-state index contributed by atoms with van der Waals surface area (Å²) in [7, 11) is 0. The third-order valence-corrected chi connectivity index (χ3v) is 4.62. The van der Waals surface area contributed by atoms with Crippen molar-refractivity contribution in [1.29, 1.82) is 0 Å². The fourth-order valence-corrected chi connectivity index (χ4v) is 3.36. The molecule has 0 aliphatic rings. The molecule has 0 atom stereocenters. The van der Waals surface area contributed by atoms with Gasteiger partial charge >= 0.3 is 5.97 Å². The van der Waals surface area contributed by atoms with Crippen LogP contribution in [0.5, 0.6) is 5.75 Å². The zero-order valence-electron chi connectivity index (χ0n) is 15.8. The molecule has 0 unspecified atom stereocenters. The van der Waals surface area contributed by atoms with Gasteiger partial charge in [-0.25, -0.2) is 0 Å². The number of hydrogen-bond acceptors (Lipinski definition) is 5. The first-order chi connectivity index (χ1) is 13.9. The Morgan fingerprint density at radius 1 is 1.28 bits per heavy atom. The summed E-state index contributed by atoms with van der Waals surface area (Å²) in [6.45, 7) is 3.74. The minimum Gasteiger partial charge on any atom is -0.489 e. The lowest BCUT2D eigenvalue weighted by atomic mass is 10.1. The lowest BCUT2D eigenvalue weighted by Crippen LogP contribution is -2.07. The highest BCUT2D eigenvalue weighted by Gasteiger charge is 2.16. The predicted octanol–water partition coefficient (Wildman–Crippen LogP) is 4.88. The van der Waals surface area contributed by atoms with Gasteiger partial charge in [-0.1, -0.05) is 22.8 Å². The van der Waals surface area contributed by atoms with Crippen LogP contribution in [0.15, 0.2) is 53.2 Å². The number of carboxylic acid groups (broad SMARTS) is 1. The van der Waals surface area contributed by atoms with Crippen LogP contribution in [-0.2, 0) is 11.3 Å². The average Bonchev–Trinajstić information content (AvgIpc) is 3.30. The van der Waals surface area contributed by atoms with Gasteiger partial charge in [-0.15, -0.1) is 0 Å². The van der Waals surface area contributed by atoms with Gasteiger partial charge in [0.05, 0.1) is 11.1 Å². The standard InChI is InChI=1S/C21H18ClN3O4/c1-12(2)28-18-7-6-13(10-16(18)22)20-23-21(29-24-20)15-4-3-5-17-14(15)8-9-25(17)11-19(26)27/h3-10,12H,11H2,1-2H3,(H,26,27). The van der Waals surface area contributed by atoms with E-state index in [2.05, 4.69) is 10.1 Å². The topological polar surface area (TPSA) is 90.4 Å². The number of hydrogen-bond donors (Lipinski definition) is 1. The normalized spacial score (nSPS) is 11.3. The molecule has 2 aromatic heterocycles. The van der Waals surface area contributed by atoms with E-state index in [0.29, 0.717) is 28.1 Å². The van der Waals surface area contributed by atoms with E-state index in [1.54, 1.807) is 22.9 Å². The van der Waals surface area contributed by atoms with E-state index in [4.69, 9.17) is 26.0 Å². The molecule has 0 fully saturated rings. The molecular formula is C21H18ClN3O4. The van der Waals surface area contributed by atoms with Crippen LogP contribution in [0.4, 0.5) is 0 Å². The summed E-state index contributed by atoms with van der Waals surface area (Å²) in [5.41, 5.74) is 2.22. The summed E-state index contributed by atoms with van der Waals surface area (Å²) < 4.78 is 12.8. The highest BCUT2D eigenvalue weighted by molar-refractivity contribution is 6.32. The van der Waals surface area contributed by atoms with Crippen molar-refractivity contribution in [3.05, 3.63) is 53.7 Å². The Kier molecular flexibility index (Phi) is 4.98. The van der Waals surface area contributed by atoms with Gasteiger partial charge in [0.1, 0.15) is 12.3 Å². The molecule has 0 amide bonds. The van der Waals surface area contributed by atoms with Crippen molar-refractivity contribution >= 4 is 28.5 Å². The zero-order valence-corrected chi connectivity index (χ0v) is 16.6. The highest BCUT2D eigenvalue weighted by atomic mass is 35.5. The second kappa shape index (κ2) is 7.60. The van der Waals surface area contributed by atoms with Crippen molar-refractivity contribution in [2.24, 2.45) is 0 Å². The maximum atomic E-state index is 11.1. The molecule has 0 aliphatic heterocycles. The number of nitrogens with zero attached hydrogens (tertiary/aromatic N) is 3. The van der Waals surface area contributed by atoms with Crippen molar-refractivity contribution in [1.82, 2.24) is 14.7 Å². The van der Waals surface area contributed by atoms with Crippen molar-refractivity contribution in [2.45, 2.75) is 26.5 Å². The molecule has 2 heterocycles. The summed E-state index contributed by atoms with van der Waals surface area (Å²) in [5, 5.41) is 14.4. The lowest BCUT2D eigenvalue weighted by Gasteiger charge is -2.11. The Balaban J connectivity index is 1.69. The predicted molar refractivity (Wildman–Crippen MR) is 109 cm³/mol. The fraction of sp³-hybridized carbons (Fsp3) is 0.190. The monoisotopic (exact) mass is 411 g/mol. The van der Waals surface area contributed by atoms with E-state index >= 15 is 0 Å². The number of benzene rings is 2. The van der Waals surface area contributed by atoms with Crippen LogP contribution in [0, 0.1) is 0 Å². The summed E-state index contributed by atoms with van der Waals surface area (Å²) in [6, 6.07) is 12.7. The molecule has 8 heteroatoms. The summed E-state index contributed by atoms with van der Waals surface area (Å²) in [4.78, 5) is 15.6. The molecule has 0 bridgehead atoms. The third kappa shape index (κ3) is 3.82. The smallest absolute Gasteiger partial charge is 0.323 e. The van der Waals surface area contributed by atoms with E-state index in [1.165, 1.54) is 0 Å². The number of halogens is 1. The van der Waals surface area contributed by atoms with Crippen LogP contribution in [-0.4, -0.2) is 31.9 Å². The van der Waals surface area contributed by atoms with E-state index in [-0.39, 0.29) is 12.6 Å². The van der Waals surface area contributed by atoms with Crippen molar-refractivity contribution in [3.8, 4) is 28.6 Å². The Labute approximate surface area is 171 Å². The largest absolute Gasteiger partial charge is 0.489 e. The average molecular weight is 412 g/mol.